The molecule has 0 aromatic heterocycles. The minimum Gasteiger partial charge on any atom is -0.384 e. The van der Waals surface area contributed by atoms with E-state index in [1.165, 1.54) is 10.5 Å². The van der Waals surface area contributed by atoms with Crippen LogP contribution in [-0.4, -0.2) is 33.1 Å². The Labute approximate surface area is 103 Å². The molecule has 90 valence electrons. The summed E-state index contributed by atoms with van der Waals surface area (Å²) in [5.74, 6) is 1.56. The van der Waals surface area contributed by atoms with Gasteiger partial charge < -0.3 is 10.1 Å². The second-order valence-corrected chi connectivity index (χ2v) is 5.05. The molecule has 0 radical (unpaired) electrons. The van der Waals surface area contributed by atoms with Crippen LogP contribution in [0.5, 0.6) is 0 Å². The summed E-state index contributed by atoms with van der Waals surface area (Å²) >= 11 is 1.88. The van der Waals surface area contributed by atoms with Gasteiger partial charge >= 0.3 is 0 Å². The van der Waals surface area contributed by atoms with Crippen molar-refractivity contribution < 1.29 is 4.74 Å². The van der Waals surface area contributed by atoms with Crippen molar-refractivity contribution in [3.63, 3.8) is 0 Å². The normalized spacial score (nSPS) is 12.7. The van der Waals surface area contributed by atoms with Crippen LogP contribution in [0, 0.1) is 0 Å². The van der Waals surface area contributed by atoms with Crippen molar-refractivity contribution in [3.05, 3.63) is 29.8 Å². The molecule has 0 spiro atoms. The predicted octanol–water partition coefficient (Wildman–Crippen LogP) is 2.75. The molecule has 0 fully saturated rings. The summed E-state index contributed by atoms with van der Waals surface area (Å²) in [4.78, 5) is 1.34. The van der Waals surface area contributed by atoms with E-state index in [0.717, 1.165) is 18.9 Å². The van der Waals surface area contributed by atoms with E-state index in [1.807, 2.05) is 18.8 Å². The van der Waals surface area contributed by atoms with Gasteiger partial charge in [0.1, 0.15) is 0 Å². The fourth-order valence-corrected chi connectivity index (χ4v) is 2.39. The summed E-state index contributed by atoms with van der Waals surface area (Å²) < 4.78 is 5.24. The van der Waals surface area contributed by atoms with Crippen LogP contribution in [-0.2, 0) is 4.74 Å². The van der Waals surface area contributed by atoms with Crippen molar-refractivity contribution in [1.82, 2.24) is 5.32 Å². The summed E-state index contributed by atoms with van der Waals surface area (Å²) in [5, 5.41) is 3.21. The highest BCUT2D eigenvalue weighted by atomic mass is 32.2. The number of hydrogen-bond donors (Lipinski definition) is 1. The molecule has 1 aromatic rings. The van der Waals surface area contributed by atoms with Gasteiger partial charge in [0.05, 0.1) is 6.61 Å². The van der Waals surface area contributed by atoms with Gasteiger partial charge in [-0.25, -0.2) is 0 Å². The second kappa shape index (κ2) is 7.71. The van der Waals surface area contributed by atoms with Crippen molar-refractivity contribution >= 4 is 11.8 Å². The van der Waals surface area contributed by atoms with Gasteiger partial charge in [0.15, 0.2) is 0 Å². The van der Waals surface area contributed by atoms with Crippen LogP contribution in [0.4, 0.5) is 0 Å². The molecule has 1 atom stereocenters. The Balaban J connectivity index is 2.68. The SMILES string of the molecule is CCSc1ccc(C(CNC)COC)cc1. The van der Waals surface area contributed by atoms with Crippen LogP contribution in [0.2, 0.25) is 0 Å². The number of rotatable bonds is 7. The van der Waals surface area contributed by atoms with Gasteiger partial charge in [0.25, 0.3) is 0 Å². The molecule has 0 aliphatic rings. The molecule has 1 rings (SSSR count). The molecule has 0 aliphatic heterocycles. The first-order valence-electron chi connectivity index (χ1n) is 5.68. The number of methoxy groups -OCH3 is 1. The van der Waals surface area contributed by atoms with Crippen molar-refractivity contribution in [2.45, 2.75) is 17.7 Å². The molecule has 1 aromatic carbocycles. The monoisotopic (exact) mass is 239 g/mol. The van der Waals surface area contributed by atoms with Gasteiger partial charge in [-0.15, -0.1) is 11.8 Å². The first-order chi connectivity index (χ1) is 7.81. The Hall–Kier alpha value is -0.510. The molecule has 0 aliphatic carbocycles. The maximum atomic E-state index is 5.24. The summed E-state index contributed by atoms with van der Waals surface area (Å²) in [6, 6.07) is 8.81. The van der Waals surface area contributed by atoms with E-state index in [9.17, 15) is 0 Å². The van der Waals surface area contributed by atoms with E-state index in [1.54, 1.807) is 7.11 Å². The zero-order chi connectivity index (χ0) is 11.8. The quantitative estimate of drug-likeness (QED) is 0.739. The molecule has 3 heteroatoms. The van der Waals surface area contributed by atoms with Gasteiger partial charge in [0.2, 0.25) is 0 Å². The molecule has 16 heavy (non-hydrogen) atoms. The lowest BCUT2D eigenvalue weighted by atomic mass is 10.0. The lowest BCUT2D eigenvalue weighted by Gasteiger charge is -2.16. The van der Waals surface area contributed by atoms with Gasteiger partial charge in [-0.2, -0.15) is 0 Å². The molecule has 0 saturated heterocycles. The summed E-state index contributed by atoms with van der Waals surface area (Å²) in [5.41, 5.74) is 1.34. The molecule has 0 heterocycles. The topological polar surface area (TPSA) is 21.3 Å². The fraction of sp³-hybridized carbons (Fsp3) is 0.538. The zero-order valence-corrected chi connectivity index (χ0v) is 11.1. The van der Waals surface area contributed by atoms with Gasteiger partial charge in [0, 0.05) is 24.5 Å². The summed E-state index contributed by atoms with van der Waals surface area (Å²) in [6.45, 7) is 3.89. The maximum Gasteiger partial charge on any atom is 0.0543 e. The summed E-state index contributed by atoms with van der Waals surface area (Å²) in [7, 11) is 3.73. The van der Waals surface area contributed by atoms with E-state index in [0.29, 0.717) is 5.92 Å². The van der Waals surface area contributed by atoms with Crippen LogP contribution in [0.15, 0.2) is 29.2 Å². The smallest absolute Gasteiger partial charge is 0.0543 e. The highest BCUT2D eigenvalue weighted by Crippen LogP contribution is 2.21. The Kier molecular flexibility index (Phi) is 6.53. The number of thioether (sulfide) groups is 1. The highest BCUT2D eigenvalue weighted by molar-refractivity contribution is 7.99. The molecule has 2 nitrogen and oxygen atoms in total. The van der Waals surface area contributed by atoms with Crippen LogP contribution in [0.1, 0.15) is 18.4 Å². The molecule has 0 saturated carbocycles. The standard InChI is InChI=1S/C13H21NOS/c1-4-16-13-7-5-11(6-8-13)12(9-14-2)10-15-3/h5-8,12,14H,4,9-10H2,1-3H3. The van der Waals surface area contributed by atoms with Crippen molar-refractivity contribution in [3.8, 4) is 0 Å². The molecular weight excluding hydrogens is 218 g/mol. The summed E-state index contributed by atoms with van der Waals surface area (Å²) in [6.07, 6.45) is 0. The van der Waals surface area contributed by atoms with Crippen LogP contribution in [0.3, 0.4) is 0 Å². The largest absolute Gasteiger partial charge is 0.384 e. The van der Waals surface area contributed by atoms with Gasteiger partial charge in [-0.1, -0.05) is 19.1 Å². The first-order valence-corrected chi connectivity index (χ1v) is 6.66. The maximum absolute atomic E-state index is 5.24. The third-order valence-corrected chi connectivity index (χ3v) is 3.38. The zero-order valence-electron chi connectivity index (χ0n) is 10.3. The Morgan fingerprint density at radius 2 is 2.00 bits per heavy atom. The van der Waals surface area contributed by atoms with Crippen molar-refractivity contribution in [2.75, 3.05) is 33.1 Å². The van der Waals surface area contributed by atoms with E-state index < -0.39 is 0 Å². The minimum absolute atomic E-state index is 0.440. The van der Waals surface area contributed by atoms with E-state index in [2.05, 4.69) is 36.5 Å². The minimum atomic E-state index is 0.440. The molecule has 1 N–H and O–H groups in total. The number of nitrogens with one attached hydrogen (secondary N) is 1. The molecule has 0 amide bonds. The predicted molar refractivity (Wildman–Crippen MR) is 71.4 cm³/mol. The number of ether oxygens (including phenoxy) is 1. The van der Waals surface area contributed by atoms with E-state index >= 15 is 0 Å². The van der Waals surface area contributed by atoms with Crippen molar-refractivity contribution in [1.29, 1.82) is 0 Å². The third kappa shape index (κ3) is 4.16. The second-order valence-electron chi connectivity index (χ2n) is 3.71. The van der Waals surface area contributed by atoms with Crippen LogP contribution < -0.4 is 5.32 Å². The number of likely N-dealkylation sites (N-methyl/N-ethyl adjacent to an activating group) is 1. The Bertz CT molecular complexity index is 280. The first kappa shape index (κ1) is 13.6. The molecular formula is C13H21NOS. The highest BCUT2D eigenvalue weighted by Gasteiger charge is 2.09. The van der Waals surface area contributed by atoms with E-state index in [4.69, 9.17) is 4.74 Å². The fourth-order valence-electron chi connectivity index (χ4n) is 1.72. The van der Waals surface area contributed by atoms with E-state index in [-0.39, 0.29) is 0 Å². The van der Waals surface area contributed by atoms with Gasteiger partial charge in [-0.3, -0.25) is 0 Å². The Morgan fingerprint density at radius 3 is 2.50 bits per heavy atom. The van der Waals surface area contributed by atoms with Crippen molar-refractivity contribution in [2.24, 2.45) is 0 Å². The third-order valence-electron chi connectivity index (χ3n) is 2.48. The average Bonchev–Trinajstić information content (AvgIpc) is 2.30. The number of benzene rings is 1. The molecule has 1 unspecified atom stereocenters. The lowest BCUT2D eigenvalue weighted by Crippen LogP contribution is -2.20. The lowest BCUT2D eigenvalue weighted by molar-refractivity contribution is 0.178. The van der Waals surface area contributed by atoms with Crippen LogP contribution >= 0.6 is 11.8 Å². The Morgan fingerprint density at radius 1 is 1.31 bits per heavy atom. The average molecular weight is 239 g/mol. The molecule has 0 bridgehead atoms. The van der Waals surface area contributed by atoms with Gasteiger partial charge in [-0.05, 0) is 30.5 Å². The van der Waals surface area contributed by atoms with Crippen LogP contribution in [0.25, 0.3) is 0 Å². The number of hydrogen-bond acceptors (Lipinski definition) is 3.